The zero-order chi connectivity index (χ0) is 21.6. The summed E-state index contributed by atoms with van der Waals surface area (Å²) in [7, 11) is -3.71. The van der Waals surface area contributed by atoms with Crippen molar-refractivity contribution in [3.8, 4) is 11.1 Å². The van der Waals surface area contributed by atoms with Crippen LogP contribution in [0.2, 0.25) is 0 Å². The molecule has 156 valence electrons. The maximum Gasteiger partial charge on any atom is 0.252 e. The zero-order valence-corrected chi connectivity index (χ0v) is 17.1. The number of nitrogens with one attached hydrogen (secondary N) is 2. The maximum absolute atomic E-state index is 13.7. The number of aromatic amines is 1. The summed E-state index contributed by atoms with van der Waals surface area (Å²) in [6, 6.07) is 13.5. The van der Waals surface area contributed by atoms with Gasteiger partial charge in [-0.2, -0.15) is 19.6 Å². The van der Waals surface area contributed by atoms with Crippen molar-refractivity contribution in [3.05, 3.63) is 66.4 Å². The molecule has 5 rings (SSSR count). The molecule has 3 aromatic heterocycles. The van der Waals surface area contributed by atoms with Gasteiger partial charge in [-0.15, -0.1) is 0 Å². The average Bonchev–Trinajstić information content (AvgIpc) is 3.35. The Hall–Kier alpha value is -3.86. The lowest BCUT2D eigenvalue weighted by molar-refractivity contribution is 0.592. The molecule has 0 radical (unpaired) electrons. The number of halogens is 1. The SMILES string of the molecule is CS(=O)(=O)c1nc(NCc2nc3ccccc3[nH]2)n2ncc(-c3cccc(F)c3)c2n1. The Labute approximate surface area is 175 Å². The first kappa shape index (κ1) is 19.1. The second-order valence-corrected chi connectivity index (χ2v) is 8.87. The van der Waals surface area contributed by atoms with Crippen LogP contribution in [0.15, 0.2) is 59.9 Å². The van der Waals surface area contributed by atoms with Gasteiger partial charge in [-0.25, -0.2) is 17.8 Å². The largest absolute Gasteiger partial charge is 0.347 e. The highest BCUT2D eigenvalue weighted by Gasteiger charge is 2.20. The van der Waals surface area contributed by atoms with Crippen molar-refractivity contribution in [2.75, 3.05) is 11.6 Å². The number of para-hydroxylation sites is 2. The lowest BCUT2D eigenvalue weighted by Crippen LogP contribution is -2.14. The van der Waals surface area contributed by atoms with Crippen molar-refractivity contribution in [2.45, 2.75) is 11.7 Å². The van der Waals surface area contributed by atoms with E-state index < -0.39 is 15.7 Å². The average molecular weight is 437 g/mol. The van der Waals surface area contributed by atoms with E-state index in [4.69, 9.17) is 0 Å². The topological polar surface area (TPSA) is 118 Å². The Morgan fingerprint density at radius 1 is 1.10 bits per heavy atom. The second-order valence-electron chi connectivity index (χ2n) is 6.96. The van der Waals surface area contributed by atoms with Crippen LogP contribution in [-0.4, -0.2) is 44.2 Å². The third-order valence-corrected chi connectivity index (χ3v) is 5.51. The highest BCUT2D eigenvalue weighted by Crippen LogP contribution is 2.26. The molecule has 0 spiro atoms. The third kappa shape index (κ3) is 3.59. The van der Waals surface area contributed by atoms with Crippen LogP contribution < -0.4 is 5.32 Å². The number of anilines is 1. The molecule has 0 amide bonds. The normalized spacial score (nSPS) is 11.9. The molecule has 9 nitrogen and oxygen atoms in total. The molecule has 2 aromatic carbocycles. The number of rotatable bonds is 5. The fourth-order valence-corrected chi connectivity index (χ4v) is 3.75. The monoisotopic (exact) mass is 437 g/mol. The molecule has 5 aromatic rings. The molecule has 0 saturated heterocycles. The first-order chi connectivity index (χ1) is 14.9. The molecule has 0 fully saturated rings. The van der Waals surface area contributed by atoms with Crippen LogP contribution >= 0.6 is 0 Å². The number of nitrogens with zero attached hydrogens (tertiary/aromatic N) is 5. The standard InChI is InChI=1S/C20H16FN7O2S/c1-31(29,30)20-26-18-14(12-5-4-6-13(21)9-12)10-23-28(18)19(27-20)22-11-17-24-15-7-2-3-8-16(15)25-17/h2-10H,11H2,1H3,(H,24,25)(H,22,26,27). The van der Waals surface area contributed by atoms with Gasteiger partial charge in [0.15, 0.2) is 5.65 Å². The van der Waals surface area contributed by atoms with Crippen LogP contribution in [-0.2, 0) is 16.4 Å². The Bertz CT molecular complexity index is 1510. The first-order valence-corrected chi connectivity index (χ1v) is 11.2. The van der Waals surface area contributed by atoms with Gasteiger partial charge in [-0.1, -0.05) is 24.3 Å². The molecule has 11 heteroatoms. The van der Waals surface area contributed by atoms with Crippen LogP contribution in [0.1, 0.15) is 5.82 Å². The van der Waals surface area contributed by atoms with Crippen LogP contribution in [0.25, 0.3) is 27.8 Å². The summed E-state index contributed by atoms with van der Waals surface area (Å²) < 4.78 is 39.5. The fourth-order valence-electron chi connectivity index (χ4n) is 3.25. The summed E-state index contributed by atoms with van der Waals surface area (Å²) >= 11 is 0. The summed E-state index contributed by atoms with van der Waals surface area (Å²) in [4.78, 5) is 16.0. The Morgan fingerprint density at radius 3 is 2.71 bits per heavy atom. The molecule has 3 heterocycles. The lowest BCUT2D eigenvalue weighted by atomic mass is 10.1. The quantitative estimate of drug-likeness (QED) is 0.434. The second kappa shape index (κ2) is 7.13. The van der Waals surface area contributed by atoms with E-state index >= 15 is 0 Å². The fraction of sp³-hybridized carbons (Fsp3) is 0.100. The number of hydrogen-bond acceptors (Lipinski definition) is 7. The summed E-state index contributed by atoms with van der Waals surface area (Å²) in [6.07, 6.45) is 2.53. The minimum Gasteiger partial charge on any atom is -0.347 e. The van der Waals surface area contributed by atoms with Crippen molar-refractivity contribution in [1.29, 1.82) is 0 Å². The molecule has 0 saturated carbocycles. The highest BCUT2D eigenvalue weighted by atomic mass is 32.2. The van der Waals surface area contributed by atoms with Crippen molar-refractivity contribution in [3.63, 3.8) is 0 Å². The molecule has 0 bridgehead atoms. The summed E-state index contributed by atoms with van der Waals surface area (Å²) in [5.41, 5.74) is 2.95. The maximum atomic E-state index is 13.7. The Kier molecular flexibility index (Phi) is 4.40. The van der Waals surface area contributed by atoms with Gasteiger partial charge in [-0.3, -0.25) is 0 Å². The Morgan fingerprint density at radius 2 is 1.94 bits per heavy atom. The lowest BCUT2D eigenvalue weighted by Gasteiger charge is -2.08. The number of imidazole rings is 1. The molecular formula is C20H16FN7O2S. The smallest absolute Gasteiger partial charge is 0.252 e. The number of aromatic nitrogens is 6. The summed E-state index contributed by atoms with van der Waals surface area (Å²) in [5.74, 6) is 0.400. The molecule has 0 aliphatic heterocycles. The molecule has 0 atom stereocenters. The van der Waals surface area contributed by atoms with Crippen LogP contribution in [0.5, 0.6) is 0 Å². The van der Waals surface area contributed by atoms with Gasteiger partial charge in [0.2, 0.25) is 15.8 Å². The van der Waals surface area contributed by atoms with Crippen LogP contribution in [0, 0.1) is 5.82 Å². The minimum atomic E-state index is -3.71. The molecule has 31 heavy (non-hydrogen) atoms. The number of hydrogen-bond donors (Lipinski definition) is 2. The van der Waals surface area contributed by atoms with E-state index in [0.29, 0.717) is 17.0 Å². The van der Waals surface area contributed by atoms with E-state index in [1.807, 2.05) is 24.3 Å². The zero-order valence-electron chi connectivity index (χ0n) is 16.2. The van der Waals surface area contributed by atoms with Crippen LogP contribution in [0.3, 0.4) is 0 Å². The third-order valence-electron chi connectivity index (χ3n) is 4.67. The minimum absolute atomic E-state index is 0.175. The van der Waals surface area contributed by atoms with Gasteiger partial charge in [0.05, 0.1) is 23.8 Å². The van der Waals surface area contributed by atoms with Crippen molar-refractivity contribution in [1.82, 2.24) is 29.5 Å². The van der Waals surface area contributed by atoms with Crippen molar-refractivity contribution in [2.24, 2.45) is 0 Å². The summed E-state index contributed by atoms with van der Waals surface area (Å²) in [6.45, 7) is 0.249. The molecule has 2 N–H and O–H groups in total. The van der Waals surface area contributed by atoms with Gasteiger partial charge < -0.3 is 10.3 Å². The number of sulfone groups is 1. The number of benzene rings is 2. The molecular weight excluding hydrogens is 421 g/mol. The van der Waals surface area contributed by atoms with Crippen LogP contribution in [0.4, 0.5) is 10.3 Å². The first-order valence-electron chi connectivity index (χ1n) is 9.28. The molecule has 0 aliphatic carbocycles. The van der Waals surface area contributed by atoms with Crippen molar-refractivity contribution < 1.29 is 12.8 Å². The Balaban J connectivity index is 1.59. The van der Waals surface area contributed by atoms with Gasteiger partial charge in [-0.05, 0) is 29.8 Å². The van der Waals surface area contributed by atoms with E-state index in [0.717, 1.165) is 17.3 Å². The highest BCUT2D eigenvalue weighted by molar-refractivity contribution is 7.90. The van der Waals surface area contributed by atoms with Gasteiger partial charge >= 0.3 is 0 Å². The van der Waals surface area contributed by atoms with Gasteiger partial charge in [0.25, 0.3) is 5.16 Å². The van der Waals surface area contributed by atoms with Gasteiger partial charge in [0.1, 0.15) is 11.6 Å². The van der Waals surface area contributed by atoms with Gasteiger partial charge in [0, 0.05) is 11.8 Å². The van der Waals surface area contributed by atoms with E-state index in [2.05, 4.69) is 30.4 Å². The van der Waals surface area contributed by atoms with Crippen molar-refractivity contribution >= 4 is 32.5 Å². The number of H-pyrrole nitrogens is 1. The number of fused-ring (bicyclic) bond motifs is 2. The molecule has 0 aliphatic rings. The van der Waals surface area contributed by atoms with E-state index in [1.165, 1.54) is 22.8 Å². The predicted octanol–water partition coefficient (Wildman–Crippen LogP) is 2.82. The summed E-state index contributed by atoms with van der Waals surface area (Å²) in [5, 5.41) is 7.00. The van der Waals surface area contributed by atoms with E-state index in [9.17, 15) is 12.8 Å². The van der Waals surface area contributed by atoms with E-state index in [1.54, 1.807) is 12.1 Å². The van der Waals surface area contributed by atoms with E-state index in [-0.39, 0.29) is 23.3 Å². The predicted molar refractivity (Wildman–Crippen MR) is 113 cm³/mol. The molecule has 0 unspecified atom stereocenters.